The molecule has 1 rings (SSSR count). The van der Waals surface area contributed by atoms with Crippen molar-refractivity contribution in [3.8, 4) is 0 Å². The molecule has 0 saturated heterocycles. The van der Waals surface area contributed by atoms with E-state index in [0.717, 1.165) is 0 Å². The smallest absolute Gasteiger partial charge is 0.247 e. The molecule has 0 unspecified atom stereocenters. The molecule has 0 atom stereocenters. The van der Waals surface area contributed by atoms with Crippen molar-refractivity contribution in [3.63, 3.8) is 0 Å². The summed E-state index contributed by atoms with van der Waals surface area (Å²) in [6.07, 6.45) is 50.7. The van der Waals surface area contributed by atoms with Gasteiger partial charge in [0.15, 0.2) is 0 Å². The van der Waals surface area contributed by atoms with Crippen molar-refractivity contribution in [1.82, 2.24) is 4.98 Å². The number of imidazole rings is 1. The van der Waals surface area contributed by atoms with Gasteiger partial charge in [-0.1, -0.05) is 206 Å². The highest BCUT2D eigenvalue weighted by Gasteiger charge is 2.23. The number of rotatable bonds is 34. The van der Waals surface area contributed by atoms with Gasteiger partial charge in [0.1, 0.15) is 12.4 Å². The van der Waals surface area contributed by atoms with E-state index in [4.69, 9.17) is 0 Å². The number of nitrogens with zero attached hydrogens (tertiary/aromatic N) is 1. The molecule has 2 nitrogen and oxygen atoms in total. The van der Waals surface area contributed by atoms with Crippen LogP contribution in [0.2, 0.25) is 0 Å². The first-order chi connectivity index (χ1) is 21.2. The maximum absolute atomic E-state index is 3.65. The molecule has 0 aliphatic rings. The fourth-order valence-corrected chi connectivity index (χ4v) is 7.08. The summed E-state index contributed by atoms with van der Waals surface area (Å²) in [6.45, 7) is 9.28. The first-order valence-electron chi connectivity index (χ1n) is 20.3. The lowest BCUT2D eigenvalue weighted by molar-refractivity contribution is -0.723. The van der Waals surface area contributed by atoms with Gasteiger partial charge in [0.05, 0.1) is 12.0 Å². The third-order valence-corrected chi connectivity index (χ3v) is 10.00. The van der Waals surface area contributed by atoms with Gasteiger partial charge >= 0.3 is 0 Å². The quantitative estimate of drug-likeness (QED) is 0.0599. The van der Waals surface area contributed by atoms with Crippen LogP contribution in [0.5, 0.6) is 0 Å². The minimum Gasteiger partial charge on any atom is -0.247 e. The molecular weight excluding hydrogens is 520 g/mol. The van der Waals surface area contributed by atoms with E-state index < -0.39 is 0 Å². The van der Waals surface area contributed by atoms with Crippen molar-refractivity contribution >= 4 is 0 Å². The standard InChI is InChI=1S/C41H80N2/c1-5-7-9-11-13-15-17-19-21-23-25-27-29-31-33-35-40(41-42-37-38-43(41)39(3)4)36-34-32-30-28-26-24-22-20-18-16-14-12-10-8-6-2/h37-40H,5-36H2,1-4H3/p+1. The van der Waals surface area contributed by atoms with Crippen molar-refractivity contribution in [3.05, 3.63) is 18.2 Å². The van der Waals surface area contributed by atoms with Crippen molar-refractivity contribution in [2.75, 3.05) is 0 Å². The third kappa shape index (κ3) is 24.2. The Hall–Kier alpha value is -0.790. The molecule has 0 aliphatic heterocycles. The summed E-state index contributed by atoms with van der Waals surface area (Å²) in [6, 6.07) is 0.547. The Bertz CT molecular complexity index is 628. The minimum absolute atomic E-state index is 0.547. The molecule has 0 fully saturated rings. The number of unbranched alkanes of at least 4 members (excludes halogenated alkanes) is 28. The van der Waals surface area contributed by atoms with Crippen LogP contribution in [0.3, 0.4) is 0 Å². The van der Waals surface area contributed by atoms with Gasteiger partial charge < -0.3 is 0 Å². The Morgan fingerprint density at radius 1 is 0.442 bits per heavy atom. The minimum atomic E-state index is 0.547. The molecule has 1 N–H and O–H groups in total. The molecule has 2 heteroatoms. The summed E-state index contributed by atoms with van der Waals surface area (Å²) >= 11 is 0. The highest BCUT2D eigenvalue weighted by molar-refractivity contribution is 4.90. The van der Waals surface area contributed by atoms with Gasteiger partial charge in [-0.15, -0.1) is 0 Å². The zero-order chi connectivity index (χ0) is 31.1. The molecule has 254 valence electrons. The van der Waals surface area contributed by atoms with E-state index in [1.807, 2.05) is 0 Å². The highest BCUT2D eigenvalue weighted by atomic mass is 15.1. The number of hydrogen-bond acceptors (Lipinski definition) is 0. The maximum atomic E-state index is 3.65. The molecule has 0 radical (unpaired) electrons. The average Bonchev–Trinajstić information content (AvgIpc) is 3.50. The van der Waals surface area contributed by atoms with Crippen LogP contribution in [0.4, 0.5) is 0 Å². The molecule has 0 amide bonds. The predicted molar refractivity (Wildman–Crippen MR) is 193 cm³/mol. The van der Waals surface area contributed by atoms with E-state index in [1.54, 1.807) is 0 Å². The number of nitrogens with one attached hydrogen (secondary N) is 1. The van der Waals surface area contributed by atoms with E-state index in [-0.39, 0.29) is 0 Å². The summed E-state index contributed by atoms with van der Waals surface area (Å²) in [5.41, 5.74) is 0. The van der Waals surface area contributed by atoms with Crippen LogP contribution in [0.15, 0.2) is 12.4 Å². The molecule has 43 heavy (non-hydrogen) atoms. The fraction of sp³-hybridized carbons (Fsp3) is 0.927. The lowest BCUT2D eigenvalue weighted by atomic mass is 9.93. The van der Waals surface area contributed by atoms with Crippen LogP contribution in [0, 0.1) is 0 Å². The molecule has 0 aromatic carbocycles. The van der Waals surface area contributed by atoms with Gasteiger partial charge in [0.25, 0.3) is 5.82 Å². The summed E-state index contributed by atoms with van der Waals surface area (Å²) in [5.74, 6) is 2.20. The highest BCUT2D eigenvalue weighted by Crippen LogP contribution is 2.27. The molecular formula is C41H81N2+. The van der Waals surface area contributed by atoms with Gasteiger partial charge in [-0.3, -0.25) is 0 Å². The van der Waals surface area contributed by atoms with Crippen LogP contribution >= 0.6 is 0 Å². The normalized spacial score (nSPS) is 11.9. The van der Waals surface area contributed by atoms with Crippen LogP contribution in [-0.4, -0.2) is 4.98 Å². The largest absolute Gasteiger partial charge is 0.257 e. The topological polar surface area (TPSA) is 19.7 Å². The maximum Gasteiger partial charge on any atom is 0.257 e. The van der Waals surface area contributed by atoms with Crippen LogP contribution in [0.25, 0.3) is 0 Å². The number of H-pyrrole nitrogens is 1. The van der Waals surface area contributed by atoms with E-state index in [9.17, 15) is 0 Å². The van der Waals surface area contributed by atoms with Gasteiger partial charge in [0.2, 0.25) is 0 Å². The molecule has 0 spiro atoms. The van der Waals surface area contributed by atoms with Crippen molar-refractivity contribution < 1.29 is 4.57 Å². The van der Waals surface area contributed by atoms with Gasteiger partial charge in [-0.2, -0.15) is 0 Å². The van der Waals surface area contributed by atoms with Gasteiger partial charge in [-0.05, 0) is 26.7 Å². The molecule has 1 aromatic heterocycles. The summed E-state index contributed by atoms with van der Waals surface area (Å²) in [5, 5.41) is 0. The second kappa shape index (κ2) is 31.2. The number of aromatic amines is 1. The summed E-state index contributed by atoms with van der Waals surface area (Å²) < 4.78 is 2.50. The molecule has 1 heterocycles. The Balaban J connectivity index is 2.09. The summed E-state index contributed by atoms with van der Waals surface area (Å²) in [4.78, 5) is 3.65. The third-order valence-electron chi connectivity index (χ3n) is 10.00. The summed E-state index contributed by atoms with van der Waals surface area (Å²) in [7, 11) is 0. The molecule has 0 bridgehead atoms. The van der Waals surface area contributed by atoms with Crippen LogP contribution < -0.4 is 4.57 Å². The lowest BCUT2D eigenvalue weighted by Gasteiger charge is -2.15. The van der Waals surface area contributed by atoms with Crippen LogP contribution in [-0.2, 0) is 0 Å². The van der Waals surface area contributed by atoms with Crippen LogP contribution in [0.1, 0.15) is 251 Å². The van der Waals surface area contributed by atoms with E-state index in [0.29, 0.717) is 12.0 Å². The van der Waals surface area contributed by atoms with E-state index in [1.165, 1.54) is 211 Å². The van der Waals surface area contributed by atoms with E-state index in [2.05, 4.69) is 49.6 Å². The van der Waals surface area contributed by atoms with Gasteiger partial charge in [0, 0.05) is 0 Å². The second-order valence-corrected chi connectivity index (χ2v) is 14.5. The molecule has 0 saturated carbocycles. The Morgan fingerprint density at radius 2 is 0.721 bits per heavy atom. The predicted octanol–water partition coefficient (Wildman–Crippen LogP) is 14.5. The first-order valence-corrected chi connectivity index (χ1v) is 20.3. The zero-order valence-electron chi connectivity index (χ0n) is 30.4. The first kappa shape index (κ1) is 40.2. The Morgan fingerprint density at radius 3 is 1.00 bits per heavy atom. The van der Waals surface area contributed by atoms with Crippen molar-refractivity contribution in [2.45, 2.75) is 245 Å². The monoisotopic (exact) mass is 602 g/mol. The SMILES string of the molecule is CCCCCCCCCCCCCCCCCC(CCCCCCCCCCCCCCCCC)c1[nH]cc[n+]1C(C)C. The zero-order valence-corrected chi connectivity index (χ0v) is 30.4. The van der Waals surface area contributed by atoms with Crippen molar-refractivity contribution in [2.24, 2.45) is 0 Å². The Kier molecular flexibility index (Phi) is 29.2. The average molecular weight is 602 g/mol. The Labute approximate surface area is 272 Å². The van der Waals surface area contributed by atoms with Gasteiger partial charge in [-0.25, -0.2) is 9.55 Å². The molecule has 0 aliphatic carbocycles. The van der Waals surface area contributed by atoms with E-state index >= 15 is 0 Å². The van der Waals surface area contributed by atoms with Crippen molar-refractivity contribution in [1.29, 1.82) is 0 Å². The molecule has 1 aromatic rings. The fourth-order valence-electron chi connectivity index (χ4n) is 7.08. The second-order valence-electron chi connectivity index (χ2n) is 14.5. The number of hydrogen-bond donors (Lipinski definition) is 1. The lowest BCUT2D eigenvalue weighted by Crippen LogP contribution is -2.39. The number of aromatic nitrogens is 2.